The van der Waals surface area contributed by atoms with E-state index in [1.165, 1.54) is 0 Å². The van der Waals surface area contributed by atoms with Crippen LogP contribution in [-0.4, -0.2) is 25.5 Å². The van der Waals surface area contributed by atoms with Crippen LogP contribution in [0.3, 0.4) is 0 Å². The summed E-state index contributed by atoms with van der Waals surface area (Å²) in [6, 6.07) is 14.5. The molecule has 1 aliphatic rings. The van der Waals surface area contributed by atoms with Crippen LogP contribution in [0, 0.1) is 5.92 Å². The summed E-state index contributed by atoms with van der Waals surface area (Å²) in [5.74, 6) is 1.14. The van der Waals surface area contributed by atoms with E-state index in [1.807, 2.05) is 43.3 Å². The Balaban J connectivity index is 1.49. The van der Waals surface area contributed by atoms with Gasteiger partial charge in [0.05, 0.1) is 13.2 Å². The van der Waals surface area contributed by atoms with E-state index in [0.29, 0.717) is 11.5 Å². The number of ether oxygens (including phenoxy) is 2. The summed E-state index contributed by atoms with van der Waals surface area (Å²) in [7, 11) is 1.56. The van der Waals surface area contributed by atoms with Gasteiger partial charge >= 0.3 is 0 Å². The van der Waals surface area contributed by atoms with Crippen molar-refractivity contribution in [1.29, 1.82) is 0 Å². The summed E-state index contributed by atoms with van der Waals surface area (Å²) in [4.78, 5) is 23.9. The highest BCUT2D eigenvalue weighted by atomic mass is 16.5. The summed E-state index contributed by atoms with van der Waals surface area (Å²) < 4.78 is 10.7. The van der Waals surface area contributed by atoms with Crippen LogP contribution in [0.5, 0.6) is 11.5 Å². The molecule has 1 fully saturated rings. The minimum absolute atomic E-state index is 0.0811. The van der Waals surface area contributed by atoms with Gasteiger partial charge in [-0.2, -0.15) is 0 Å². The third-order valence-corrected chi connectivity index (χ3v) is 4.43. The maximum Gasteiger partial charge on any atom is 0.258 e. The molecule has 2 aromatic carbocycles. The molecule has 2 N–H and O–H groups in total. The Morgan fingerprint density at radius 2 is 1.74 bits per heavy atom. The molecule has 0 aliphatic heterocycles. The van der Waals surface area contributed by atoms with Crippen molar-refractivity contribution in [2.24, 2.45) is 5.92 Å². The lowest BCUT2D eigenvalue weighted by Crippen LogP contribution is -2.31. The Kier molecular flexibility index (Phi) is 5.96. The highest BCUT2D eigenvalue weighted by Crippen LogP contribution is 2.30. The standard InChI is InChI=1S/C21H24N2O4/c1-14(15-9-11-17(12-10-15)23-21(25)16-7-8-16)22-20(24)13-27-19-6-4-3-5-18(19)26-2/h3-6,9-12,14,16H,7-8,13H2,1-2H3,(H,22,24)(H,23,25). The van der Waals surface area contributed by atoms with E-state index in [-0.39, 0.29) is 30.4 Å². The normalized spacial score (nSPS) is 14.1. The van der Waals surface area contributed by atoms with Crippen LogP contribution < -0.4 is 20.1 Å². The average Bonchev–Trinajstić information content (AvgIpc) is 3.52. The summed E-state index contributed by atoms with van der Waals surface area (Å²) in [6.07, 6.45) is 1.95. The third kappa shape index (κ3) is 5.23. The van der Waals surface area contributed by atoms with Crippen LogP contribution >= 0.6 is 0 Å². The maximum atomic E-state index is 12.2. The molecule has 1 atom stereocenters. The fraction of sp³-hybridized carbons (Fsp3) is 0.333. The lowest BCUT2D eigenvalue weighted by Gasteiger charge is -2.16. The predicted molar refractivity (Wildman–Crippen MR) is 103 cm³/mol. The summed E-state index contributed by atoms with van der Waals surface area (Å²) in [5.41, 5.74) is 1.72. The summed E-state index contributed by atoms with van der Waals surface area (Å²) >= 11 is 0. The zero-order valence-electron chi connectivity index (χ0n) is 15.5. The lowest BCUT2D eigenvalue weighted by molar-refractivity contribution is -0.123. The first-order valence-electron chi connectivity index (χ1n) is 9.03. The third-order valence-electron chi connectivity index (χ3n) is 4.43. The molecule has 3 rings (SSSR count). The smallest absolute Gasteiger partial charge is 0.258 e. The molecule has 27 heavy (non-hydrogen) atoms. The van der Waals surface area contributed by atoms with Crippen molar-refractivity contribution in [3.05, 3.63) is 54.1 Å². The van der Waals surface area contributed by atoms with Crippen LogP contribution in [0.15, 0.2) is 48.5 Å². The van der Waals surface area contributed by atoms with Crippen molar-refractivity contribution in [2.75, 3.05) is 19.0 Å². The van der Waals surface area contributed by atoms with Gasteiger partial charge in [-0.05, 0) is 49.6 Å². The zero-order chi connectivity index (χ0) is 19.2. The number of anilines is 1. The van der Waals surface area contributed by atoms with Crippen LogP contribution in [0.2, 0.25) is 0 Å². The van der Waals surface area contributed by atoms with Crippen molar-refractivity contribution < 1.29 is 19.1 Å². The molecule has 6 heteroatoms. The van der Waals surface area contributed by atoms with E-state index in [2.05, 4.69) is 10.6 Å². The zero-order valence-corrected chi connectivity index (χ0v) is 15.5. The monoisotopic (exact) mass is 368 g/mol. The van der Waals surface area contributed by atoms with Gasteiger partial charge in [0.25, 0.3) is 5.91 Å². The highest BCUT2D eigenvalue weighted by Gasteiger charge is 2.29. The van der Waals surface area contributed by atoms with Crippen molar-refractivity contribution in [2.45, 2.75) is 25.8 Å². The second-order valence-corrected chi connectivity index (χ2v) is 6.61. The Labute approximate surface area is 158 Å². The van der Waals surface area contributed by atoms with Gasteiger partial charge in [0.2, 0.25) is 5.91 Å². The van der Waals surface area contributed by atoms with Gasteiger partial charge < -0.3 is 20.1 Å². The number of methoxy groups -OCH3 is 1. The minimum atomic E-state index is -0.223. The molecule has 0 saturated heterocycles. The SMILES string of the molecule is COc1ccccc1OCC(=O)NC(C)c1ccc(NC(=O)C2CC2)cc1. The number of carbonyl (C=O) groups is 2. The van der Waals surface area contributed by atoms with Gasteiger partial charge in [0, 0.05) is 11.6 Å². The molecule has 1 aliphatic carbocycles. The number of rotatable bonds is 8. The minimum Gasteiger partial charge on any atom is -0.493 e. The molecule has 2 amide bonds. The lowest BCUT2D eigenvalue weighted by atomic mass is 10.1. The molecule has 0 aromatic heterocycles. The fourth-order valence-corrected chi connectivity index (χ4v) is 2.69. The van der Waals surface area contributed by atoms with Crippen molar-refractivity contribution in [3.8, 4) is 11.5 Å². The molecular formula is C21H24N2O4. The van der Waals surface area contributed by atoms with E-state index in [1.54, 1.807) is 19.2 Å². The van der Waals surface area contributed by atoms with E-state index in [4.69, 9.17) is 9.47 Å². The Morgan fingerprint density at radius 1 is 1.07 bits per heavy atom. The number of para-hydroxylation sites is 2. The topological polar surface area (TPSA) is 76.7 Å². The van der Waals surface area contributed by atoms with Crippen molar-refractivity contribution in [3.63, 3.8) is 0 Å². The molecule has 0 bridgehead atoms. The van der Waals surface area contributed by atoms with E-state index >= 15 is 0 Å². The van der Waals surface area contributed by atoms with Crippen LogP contribution in [0.25, 0.3) is 0 Å². The summed E-state index contributed by atoms with van der Waals surface area (Å²) in [6.45, 7) is 1.80. The number of hydrogen-bond donors (Lipinski definition) is 2. The molecule has 0 heterocycles. The quantitative estimate of drug-likeness (QED) is 0.750. The second-order valence-electron chi connectivity index (χ2n) is 6.61. The van der Waals surface area contributed by atoms with Crippen molar-refractivity contribution in [1.82, 2.24) is 5.32 Å². The van der Waals surface area contributed by atoms with Crippen LogP contribution in [0.1, 0.15) is 31.4 Å². The van der Waals surface area contributed by atoms with E-state index in [9.17, 15) is 9.59 Å². The number of hydrogen-bond acceptors (Lipinski definition) is 4. The van der Waals surface area contributed by atoms with Crippen molar-refractivity contribution >= 4 is 17.5 Å². The molecule has 1 saturated carbocycles. The highest BCUT2D eigenvalue weighted by molar-refractivity contribution is 5.94. The number of amides is 2. The Morgan fingerprint density at radius 3 is 2.37 bits per heavy atom. The molecule has 0 radical (unpaired) electrons. The Hall–Kier alpha value is -3.02. The molecule has 2 aromatic rings. The number of nitrogens with one attached hydrogen (secondary N) is 2. The average molecular weight is 368 g/mol. The van der Waals surface area contributed by atoms with Gasteiger partial charge in [-0.15, -0.1) is 0 Å². The first kappa shape index (κ1) is 18.8. The molecule has 6 nitrogen and oxygen atoms in total. The van der Waals surface area contributed by atoms with Gasteiger partial charge in [0.15, 0.2) is 18.1 Å². The van der Waals surface area contributed by atoms with E-state index in [0.717, 1.165) is 24.1 Å². The first-order chi connectivity index (χ1) is 13.1. The van der Waals surface area contributed by atoms with Gasteiger partial charge in [0.1, 0.15) is 0 Å². The number of benzene rings is 2. The maximum absolute atomic E-state index is 12.2. The van der Waals surface area contributed by atoms with Gasteiger partial charge in [-0.25, -0.2) is 0 Å². The number of carbonyl (C=O) groups excluding carboxylic acids is 2. The summed E-state index contributed by atoms with van der Waals surface area (Å²) in [5, 5.41) is 5.80. The van der Waals surface area contributed by atoms with Crippen LogP contribution in [0.4, 0.5) is 5.69 Å². The van der Waals surface area contributed by atoms with E-state index < -0.39 is 0 Å². The predicted octanol–water partition coefficient (Wildman–Crippen LogP) is 3.30. The molecular weight excluding hydrogens is 344 g/mol. The van der Waals surface area contributed by atoms with Crippen LogP contribution in [-0.2, 0) is 9.59 Å². The second kappa shape index (κ2) is 8.58. The van der Waals surface area contributed by atoms with Gasteiger partial charge in [-0.1, -0.05) is 24.3 Å². The van der Waals surface area contributed by atoms with Gasteiger partial charge in [-0.3, -0.25) is 9.59 Å². The largest absolute Gasteiger partial charge is 0.493 e. The Bertz CT molecular complexity index is 800. The first-order valence-corrected chi connectivity index (χ1v) is 9.03. The molecule has 0 spiro atoms. The molecule has 142 valence electrons. The molecule has 1 unspecified atom stereocenters. The fourth-order valence-electron chi connectivity index (χ4n) is 2.69.